The molecule has 88 valence electrons. The normalized spacial score (nSPS) is 10.2. The third-order valence-corrected chi connectivity index (χ3v) is 2.65. The lowest BCUT2D eigenvalue weighted by molar-refractivity contribution is 0.388. The molecule has 0 atom stereocenters. The molecule has 0 amide bonds. The van der Waals surface area contributed by atoms with Crippen LogP contribution in [0.1, 0.15) is 11.3 Å². The van der Waals surface area contributed by atoms with Crippen LogP contribution in [0.2, 0.25) is 5.02 Å². The number of halogens is 1. The average Bonchev–Trinajstić information content (AvgIpc) is 2.78. The Labute approximate surface area is 109 Å². The molecule has 0 fully saturated rings. The van der Waals surface area contributed by atoms with E-state index in [0.29, 0.717) is 16.6 Å². The van der Waals surface area contributed by atoms with E-state index < -0.39 is 0 Å². The highest BCUT2D eigenvalue weighted by molar-refractivity contribution is 7.80. The smallest absolute Gasteiger partial charge is 0.155 e. The van der Waals surface area contributed by atoms with Crippen LogP contribution in [0.25, 0.3) is 0 Å². The maximum absolute atomic E-state index is 5.92. The molecule has 3 N–H and O–H groups in total. The first-order valence-corrected chi connectivity index (χ1v) is 5.68. The summed E-state index contributed by atoms with van der Waals surface area (Å²) in [6, 6.07) is 7.08. The first kappa shape index (κ1) is 11.9. The quantitative estimate of drug-likeness (QED) is 0.834. The van der Waals surface area contributed by atoms with E-state index in [-0.39, 0.29) is 0 Å². The molecule has 0 aliphatic rings. The van der Waals surface area contributed by atoms with Gasteiger partial charge in [0, 0.05) is 22.3 Å². The van der Waals surface area contributed by atoms with E-state index in [9.17, 15) is 0 Å². The summed E-state index contributed by atoms with van der Waals surface area (Å²) >= 11 is 10.9. The molecule has 0 bridgehead atoms. The van der Waals surface area contributed by atoms with E-state index in [1.165, 1.54) is 0 Å². The third kappa shape index (κ3) is 2.95. The summed E-state index contributed by atoms with van der Waals surface area (Å²) in [5, 5.41) is 7.39. The Balaban J connectivity index is 2.19. The number of nitrogens with one attached hydrogen (secondary N) is 1. The molecule has 1 heterocycles. The van der Waals surface area contributed by atoms with Crippen molar-refractivity contribution in [3.05, 3.63) is 46.8 Å². The number of rotatable bonds is 4. The summed E-state index contributed by atoms with van der Waals surface area (Å²) in [5.41, 5.74) is 7.16. The predicted octanol–water partition coefficient (Wildman–Crippen LogP) is 2.57. The van der Waals surface area contributed by atoms with Gasteiger partial charge in [0.05, 0.1) is 12.7 Å². The van der Waals surface area contributed by atoms with E-state index in [2.05, 4.69) is 10.5 Å². The van der Waals surface area contributed by atoms with Crippen LogP contribution in [0.3, 0.4) is 0 Å². The van der Waals surface area contributed by atoms with Gasteiger partial charge in [-0.25, -0.2) is 0 Å². The molecule has 0 spiro atoms. The van der Waals surface area contributed by atoms with E-state index in [0.717, 1.165) is 17.0 Å². The molecule has 0 saturated heterocycles. The standard InChI is InChI=1S/C11H10ClN3OS/c12-7-1-2-9(11(13)17)10(5-7)14-6-8-3-4-15-16-8/h1-5,14H,6H2,(H2,13,17). The highest BCUT2D eigenvalue weighted by Crippen LogP contribution is 2.21. The van der Waals surface area contributed by atoms with Crippen molar-refractivity contribution < 1.29 is 4.52 Å². The lowest BCUT2D eigenvalue weighted by atomic mass is 10.1. The number of hydrogen-bond donors (Lipinski definition) is 2. The van der Waals surface area contributed by atoms with Crippen molar-refractivity contribution in [2.75, 3.05) is 5.32 Å². The highest BCUT2D eigenvalue weighted by Gasteiger charge is 2.06. The van der Waals surface area contributed by atoms with Crippen LogP contribution >= 0.6 is 23.8 Å². The first-order valence-electron chi connectivity index (χ1n) is 4.89. The SMILES string of the molecule is NC(=S)c1ccc(Cl)cc1NCc1ccno1. The van der Waals surface area contributed by atoms with E-state index >= 15 is 0 Å². The molecule has 1 aromatic heterocycles. The minimum atomic E-state index is 0.321. The van der Waals surface area contributed by atoms with Gasteiger partial charge >= 0.3 is 0 Å². The van der Waals surface area contributed by atoms with Crippen LogP contribution in [-0.2, 0) is 6.54 Å². The maximum Gasteiger partial charge on any atom is 0.155 e. The van der Waals surface area contributed by atoms with Crippen molar-refractivity contribution in [2.24, 2.45) is 5.73 Å². The number of hydrogen-bond acceptors (Lipinski definition) is 4. The molecule has 0 aliphatic carbocycles. The Morgan fingerprint density at radius 1 is 1.47 bits per heavy atom. The number of anilines is 1. The summed E-state index contributed by atoms with van der Waals surface area (Å²) in [6.45, 7) is 0.496. The summed E-state index contributed by atoms with van der Waals surface area (Å²) in [6.07, 6.45) is 1.59. The van der Waals surface area contributed by atoms with Gasteiger partial charge in [0.15, 0.2) is 5.76 Å². The Kier molecular flexibility index (Phi) is 3.61. The van der Waals surface area contributed by atoms with Gasteiger partial charge in [0.2, 0.25) is 0 Å². The molecule has 0 saturated carbocycles. The lowest BCUT2D eigenvalue weighted by Gasteiger charge is -2.10. The van der Waals surface area contributed by atoms with E-state index in [1.807, 2.05) is 0 Å². The number of aromatic nitrogens is 1. The second-order valence-corrected chi connectivity index (χ2v) is 4.26. The minimum Gasteiger partial charge on any atom is -0.389 e. The zero-order valence-electron chi connectivity index (χ0n) is 8.81. The van der Waals surface area contributed by atoms with Crippen LogP contribution in [0.5, 0.6) is 0 Å². The van der Waals surface area contributed by atoms with Gasteiger partial charge in [-0.15, -0.1) is 0 Å². The molecular weight excluding hydrogens is 258 g/mol. The largest absolute Gasteiger partial charge is 0.389 e. The zero-order valence-corrected chi connectivity index (χ0v) is 10.4. The van der Waals surface area contributed by atoms with Crippen LogP contribution in [0.4, 0.5) is 5.69 Å². The fourth-order valence-corrected chi connectivity index (χ4v) is 1.74. The summed E-state index contributed by atoms with van der Waals surface area (Å²) < 4.78 is 4.98. The first-order chi connectivity index (χ1) is 8.16. The summed E-state index contributed by atoms with van der Waals surface area (Å²) in [7, 11) is 0. The second-order valence-electron chi connectivity index (χ2n) is 3.39. The van der Waals surface area contributed by atoms with E-state index in [1.54, 1.807) is 30.5 Å². The average molecular weight is 268 g/mol. The summed E-state index contributed by atoms with van der Waals surface area (Å²) in [4.78, 5) is 0.321. The van der Waals surface area contributed by atoms with Gasteiger partial charge in [-0.05, 0) is 18.2 Å². The monoisotopic (exact) mass is 267 g/mol. The van der Waals surface area contributed by atoms with Crippen molar-refractivity contribution in [1.82, 2.24) is 5.16 Å². The van der Waals surface area contributed by atoms with Gasteiger partial charge in [0.25, 0.3) is 0 Å². The Morgan fingerprint density at radius 2 is 2.29 bits per heavy atom. The molecule has 1 aromatic carbocycles. The maximum atomic E-state index is 5.92. The van der Waals surface area contributed by atoms with Gasteiger partial charge < -0.3 is 15.6 Å². The van der Waals surface area contributed by atoms with Crippen molar-refractivity contribution in [2.45, 2.75) is 6.54 Å². The summed E-state index contributed by atoms with van der Waals surface area (Å²) in [5.74, 6) is 0.721. The molecule has 2 aromatic rings. The number of thiocarbonyl (C=S) groups is 1. The molecule has 0 aliphatic heterocycles. The Bertz CT molecular complexity index is 528. The Morgan fingerprint density at radius 3 is 2.94 bits per heavy atom. The van der Waals surface area contributed by atoms with Gasteiger partial charge in [0.1, 0.15) is 4.99 Å². The van der Waals surface area contributed by atoms with E-state index in [4.69, 9.17) is 34.1 Å². The fraction of sp³-hybridized carbons (Fsp3) is 0.0909. The van der Waals surface area contributed by atoms with Crippen LogP contribution < -0.4 is 11.1 Å². The van der Waals surface area contributed by atoms with Gasteiger partial charge in [-0.1, -0.05) is 29.0 Å². The molecule has 2 rings (SSSR count). The zero-order chi connectivity index (χ0) is 12.3. The van der Waals surface area contributed by atoms with Crippen molar-refractivity contribution in [3.8, 4) is 0 Å². The van der Waals surface area contributed by atoms with Gasteiger partial charge in [-0.2, -0.15) is 0 Å². The molecule has 17 heavy (non-hydrogen) atoms. The molecule has 4 nitrogen and oxygen atoms in total. The van der Waals surface area contributed by atoms with Crippen LogP contribution in [0.15, 0.2) is 35.0 Å². The van der Waals surface area contributed by atoms with Crippen molar-refractivity contribution in [1.29, 1.82) is 0 Å². The predicted molar refractivity (Wildman–Crippen MR) is 71.2 cm³/mol. The topological polar surface area (TPSA) is 64.1 Å². The van der Waals surface area contributed by atoms with Crippen molar-refractivity contribution in [3.63, 3.8) is 0 Å². The Hall–Kier alpha value is -1.59. The van der Waals surface area contributed by atoms with Crippen LogP contribution in [0, 0.1) is 0 Å². The molecule has 0 radical (unpaired) electrons. The highest BCUT2D eigenvalue weighted by atomic mass is 35.5. The lowest BCUT2D eigenvalue weighted by Crippen LogP contribution is -2.13. The molecule has 0 unspecified atom stereocenters. The van der Waals surface area contributed by atoms with Crippen LogP contribution in [-0.4, -0.2) is 10.1 Å². The number of nitrogens with two attached hydrogens (primary N) is 1. The molecular formula is C11H10ClN3OS. The van der Waals surface area contributed by atoms with Gasteiger partial charge in [-0.3, -0.25) is 0 Å². The third-order valence-electron chi connectivity index (χ3n) is 2.19. The molecule has 6 heteroatoms. The number of nitrogens with zero attached hydrogens (tertiary/aromatic N) is 1. The fourth-order valence-electron chi connectivity index (χ4n) is 1.39. The minimum absolute atomic E-state index is 0.321. The van der Waals surface area contributed by atoms with Crippen molar-refractivity contribution >= 4 is 34.5 Å². The number of benzene rings is 1. The second kappa shape index (κ2) is 5.16.